The fourth-order valence-corrected chi connectivity index (χ4v) is 2.55. The van der Waals surface area contributed by atoms with E-state index in [4.69, 9.17) is 5.73 Å². The number of rotatable bonds is 3. The molecule has 20 heavy (non-hydrogen) atoms. The second-order valence-corrected chi connectivity index (χ2v) is 6.21. The molecule has 0 spiro atoms. The Labute approximate surface area is 118 Å². The Morgan fingerprint density at radius 3 is 2.85 bits per heavy atom. The van der Waals surface area contributed by atoms with Crippen molar-refractivity contribution in [3.63, 3.8) is 0 Å². The summed E-state index contributed by atoms with van der Waals surface area (Å²) in [4.78, 5) is 16.5. The van der Waals surface area contributed by atoms with Gasteiger partial charge in [-0.25, -0.2) is 4.98 Å². The van der Waals surface area contributed by atoms with Crippen molar-refractivity contribution in [1.29, 1.82) is 0 Å². The highest BCUT2D eigenvalue weighted by Gasteiger charge is 2.45. The number of carbonyl (C=O) groups excluding carboxylic acids is 1. The van der Waals surface area contributed by atoms with Gasteiger partial charge in [-0.05, 0) is 29.9 Å². The van der Waals surface area contributed by atoms with Gasteiger partial charge < -0.3 is 11.1 Å². The van der Waals surface area contributed by atoms with E-state index in [1.807, 2.05) is 24.3 Å². The van der Waals surface area contributed by atoms with Crippen LogP contribution in [0.25, 0.3) is 10.9 Å². The van der Waals surface area contributed by atoms with Gasteiger partial charge in [-0.15, -0.1) is 0 Å². The lowest BCUT2D eigenvalue weighted by Gasteiger charge is -2.08. The number of benzene rings is 1. The average Bonchev–Trinajstić information content (AvgIpc) is 3.03. The number of fused-ring (bicyclic) bond motifs is 1. The zero-order chi connectivity index (χ0) is 14.3. The highest BCUT2D eigenvalue weighted by atomic mass is 16.1. The number of carbonyl (C=O) groups is 1. The van der Waals surface area contributed by atoms with Gasteiger partial charge in [-0.3, -0.25) is 4.79 Å². The van der Waals surface area contributed by atoms with Crippen molar-refractivity contribution in [2.24, 2.45) is 11.3 Å². The molecule has 4 nitrogen and oxygen atoms in total. The first kappa shape index (κ1) is 12.9. The zero-order valence-corrected chi connectivity index (χ0v) is 11.8. The Morgan fingerprint density at radius 2 is 2.15 bits per heavy atom. The van der Waals surface area contributed by atoms with Crippen molar-refractivity contribution in [3.8, 4) is 0 Å². The van der Waals surface area contributed by atoms with Crippen LogP contribution in [-0.4, -0.2) is 17.4 Å². The predicted octanol–water partition coefficient (Wildman–Crippen LogP) is 2.59. The number of anilines is 1. The van der Waals surface area contributed by atoms with E-state index in [2.05, 4.69) is 24.1 Å². The lowest BCUT2D eigenvalue weighted by molar-refractivity contribution is 0.0946. The molecule has 1 heterocycles. The van der Waals surface area contributed by atoms with Crippen molar-refractivity contribution in [3.05, 3.63) is 36.0 Å². The minimum absolute atomic E-state index is 0.148. The van der Waals surface area contributed by atoms with Crippen molar-refractivity contribution >= 4 is 22.5 Å². The number of nitrogens with two attached hydrogens (primary N) is 1. The zero-order valence-electron chi connectivity index (χ0n) is 11.8. The van der Waals surface area contributed by atoms with Crippen molar-refractivity contribution in [1.82, 2.24) is 10.3 Å². The van der Waals surface area contributed by atoms with Crippen molar-refractivity contribution in [2.75, 3.05) is 12.3 Å². The van der Waals surface area contributed by atoms with Gasteiger partial charge in [0.2, 0.25) is 0 Å². The molecular formula is C16H19N3O. The van der Waals surface area contributed by atoms with Crippen molar-refractivity contribution < 1.29 is 4.79 Å². The summed E-state index contributed by atoms with van der Waals surface area (Å²) in [6.07, 6.45) is 1.17. The maximum atomic E-state index is 12.2. The van der Waals surface area contributed by atoms with E-state index in [9.17, 15) is 4.79 Å². The molecule has 104 valence electrons. The number of nitrogens with zero attached hydrogens (tertiary/aromatic N) is 1. The SMILES string of the molecule is CC1(C)CC1CNC(=O)c1cc(N)c2ccccc2n1. The van der Waals surface area contributed by atoms with Crippen LogP contribution in [0.2, 0.25) is 0 Å². The molecule has 1 aromatic heterocycles. The predicted molar refractivity (Wildman–Crippen MR) is 80.4 cm³/mol. The molecule has 1 saturated carbocycles. The smallest absolute Gasteiger partial charge is 0.269 e. The Hall–Kier alpha value is -2.10. The molecule has 3 N–H and O–H groups in total. The molecule has 1 atom stereocenters. The Balaban J connectivity index is 1.78. The Bertz CT molecular complexity index is 678. The molecule has 0 aliphatic heterocycles. The third kappa shape index (κ3) is 2.33. The van der Waals surface area contributed by atoms with Crippen LogP contribution in [0.4, 0.5) is 5.69 Å². The van der Waals surface area contributed by atoms with Gasteiger partial charge in [-0.1, -0.05) is 32.0 Å². The fourth-order valence-electron chi connectivity index (χ4n) is 2.55. The summed E-state index contributed by atoms with van der Waals surface area (Å²) in [6.45, 7) is 5.15. The summed E-state index contributed by atoms with van der Waals surface area (Å²) in [6, 6.07) is 9.23. The van der Waals surface area contributed by atoms with Crippen LogP contribution in [0.1, 0.15) is 30.8 Å². The third-order valence-electron chi connectivity index (χ3n) is 4.21. The lowest BCUT2D eigenvalue weighted by atomic mass is 10.1. The van der Waals surface area contributed by atoms with Gasteiger partial charge in [0.1, 0.15) is 5.69 Å². The molecular weight excluding hydrogens is 250 g/mol. The number of para-hydroxylation sites is 1. The molecule has 1 amide bonds. The number of amides is 1. The summed E-state index contributed by atoms with van der Waals surface area (Å²) in [5.41, 5.74) is 8.08. The third-order valence-corrected chi connectivity index (χ3v) is 4.21. The number of nitrogen functional groups attached to an aromatic ring is 1. The van der Waals surface area contributed by atoms with Gasteiger partial charge in [0.25, 0.3) is 5.91 Å². The van der Waals surface area contributed by atoms with Crippen LogP contribution in [0.15, 0.2) is 30.3 Å². The first-order chi connectivity index (χ1) is 9.47. The summed E-state index contributed by atoms with van der Waals surface area (Å²) < 4.78 is 0. The van der Waals surface area contributed by atoms with Gasteiger partial charge in [0.05, 0.1) is 5.52 Å². The standard InChI is InChI=1S/C16H19N3O/c1-16(2)8-10(16)9-18-15(20)14-7-12(17)11-5-3-4-6-13(11)19-14/h3-7,10H,8-9H2,1-2H3,(H2,17,19)(H,18,20). The number of hydrogen-bond donors (Lipinski definition) is 2. The molecule has 1 fully saturated rings. The lowest BCUT2D eigenvalue weighted by Crippen LogP contribution is -2.27. The summed E-state index contributed by atoms with van der Waals surface area (Å²) in [5.74, 6) is 0.425. The van der Waals surface area contributed by atoms with E-state index in [0.29, 0.717) is 29.3 Å². The topological polar surface area (TPSA) is 68.0 Å². The molecule has 1 aliphatic rings. The Kier molecular flexibility index (Phi) is 2.89. The van der Waals surface area contributed by atoms with Gasteiger partial charge >= 0.3 is 0 Å². The monoisotopic (exact) mass is 269 g/mol. The summed E-state index contributed by atoms with van der Waals surface area (Å²) in [7, 11) is 0. The maximum absolute atomic E-state index is 12.2. The van der Waals surface area contributed by atoms with Crippen LogP contribution >= 0.6 is 0 Å². The van der Waals surface area contributed by atoms with Crippen LogP contribution in [0.5, 0.6) is 0 Å². The van der Waals surface area contributed by atoms with Gasteiger partial charge in [0.15, 0.2) is 0 Å². The number of hydrogen-bond acceptors (Lipinski definition) is 3. The van der Waals surface area contributed by atoms with Crippen LogP contribution in [-0.2, 0) is 0 Å². The Morgan fingerprint density at radius 1 is 1.45 bits per heavy atom. The molecule has 4 heteroatoms. The molecule has 3 rings (SSSR count). The minimum atomic E-state index is -0.148. The molecule has 0 radical (unpaired) electrons. The van der Waals surface area contributed by atoms with E-state index in [1.165, 1.54) is 6.42 Å². The van der Waals surface area contributed by atoms with Crippen molar-refractivity contribution in [2.45, 2.75) is 20.3 Å². The number of nitrogens with one attached hydrogen (secondary N) is 1. The van der Waals surface area contributed by atoms with E-state index in [1.54, 1.807) is 6.07 Å². The summed E-state index contributed by atoms with van der Waals surface area (Å²) >= 11 is 0. The molecule has 1 aromatic carbocycles. The summed E-state index contributed by atoms with van der Waals surface area (Å²) in [5, 5.41) is 3.83. The largest absolute Gasteiger partial charge is 0.398 e. The van der Waals surface area contributed by atoms with E-state index in [-0.39, 0.29) is 5.91 Å². The number of pyridine rings is 1. The highest BCUT2D eigenvalue weighted by molar-refractivity contribution is 5.99. The van der Waals surface area contributed by atoms with E-state index >= 15 is 0 Å². The van der Waals surface area contributed by atoms with Gasteiger partial charge in [0, 0.05) is 17.6 Å². The molecule has 2 aromatic rings. The van der Waals surface area contributed by atoms with Crippen LogP contribution in [0, 0.1) is 11.3 Å². The molecule has 1 aliphatic carbocycles. The molecule has 0 saturated heterocycles. The normalized spacial score (nSPS) is 19.8. The quantitative estimate of drug-likeness (QED) is 0.900. The van der Waals surface area contributed by atoms with E-state index < -0.39 is 0 Å². The van der Waals surface area contributed by atoms with Crippen LogP contribution in [0.3, 0.4) is 0 Å². The molecule has 1 unspecified atom stereocenters. The first-order valence-corrected chi connectivity index (χ1v) is 6.91. The molecule has 0 bridgehead atoms. The first-order valence-electron chi connectivity index (χ1n) is 6.91. The minimum Gasteiger partial charge on any atom is -0.398 e. The highest BCUT2D eigenvalue weighted by Crippen LogP contribution is 2.50. The van der Waals surface area contributed by atoms with Gasteiger partial charge in [-0.2, -0.15) is 0 Å². The average molecular weight is 269 g/mol. The van der Waals surface area contributed by atoms with Crippen LogP contribution < -0.4 is 11.1 Å². The second-order valence-electron chi connectivity index (χ2n) is 6.21. The fraction of sp³-hybridized carbons (Fsp3) is 0.375. The second kappa shape index (κ2) is 4.47. The van der Waals surface area contributed by atoms with E-state index in [0.717, 1.165) is 10.9 Å². The maximum Gasteiger partial charge on any atom is 0.269 e. The number of aromatic nitrogens is 1.